The fourth-order valence-corrected chi connectivity index (χ4v) is 1.52. The van der Waals surface area contributed by atoms with Crippen molar-refractivity contribution in [1.82, 2.24) is 0 Å². The van der Waals surface area contributed by atoms with Gasteiger partial charge in [-0.05, 0) is 24.6 Å². The zero-order chi connectivity index (χ0) is 13.5. The largest absolute Gasteiger partial charge is 0.466 e. The molecule has 0 heterocycles. The van der Waals surface area contributed by atoms with Crippen molar-refractivity contribution in [3.63, 3.8) is 0 Å². The number of ether oxygens (including phenoxy) is 1. The van der Waals surface area contributed by atoms with Crippen LogP contribution in [0.15, 0.2) is 18.2 Å². The van der Waals surface area contributed by atoms with Crippen molar-refractivity contribution >= 4 is 23.4 Å². The number of rotatable bonds is 6. The summed E-state index contributed by atoms with van der Waals surface area (Å²) in [4.78, 5) is 22.9. The molecular weight excluding hydrogens is 259 g/mol. The van der Waals surface area contributed by atoms with Gasteiger partial charge >= 0.3 is 5.97 Å². The molecule has 1 rings (SSSR count). The zero-order valence-corrected chi connectivity index (χ0v) is 10.8. The van der Waals surface area contributed by atoms with Gasteiger partial charge in [-0.3, -0.25) is 9.59 Å². The molecule has 0 saturated carbocycles. The molecular formula is C13H14ClFO3. The molecule has 0 radical (unpaired) electrons. The van der Waals surface area contributed by atoms with Gasteiger partial charge in [-0.2, -0.15) is 0 Å². The van der Waals surface area contributed by atoms with E-state index >= 15 is 0 Å². The van der Waals surface area contributed by atoms with Crippen molar-refractivity contribution < 1.29 is 18.7 Å². The third kappa shape index (κ3) is 4.45. The van der Waals surface area contributed by atoms with Crippen molar-refractivity contribution in [1.29, 1.82) is 0 Å². The van der Waals surface area contributed by atoms with Crippen molar-refractivity contribution in [3.8, 4) is 0 Å². The Labute approximate surface area is 110 Å². The van der Waals surface area contributed by atoms with E-state index in [0.717, 1.165) is 12.5 Å². The van der Waals surface area contributed by atoms with E-state index in [1.54, 1.807) is 0 Å². The van der Waals surface area contributed by atoms with Gasteiger partial charge in [-0.15, -0.1) is 0 Å². The van der Waals surface area contributed by atoms with Gasteiger partial charge in [0, 0.05) is 11.4 Å². The van der Waals surface area contributed by atoms with Crippen LogP contribution < -0.4 is 0 Å². The number of halogens is 2. The minimum Gasteiger partial charge on any atom is -0.466 e. The maximum absolute atomic E-state index is 13.4. The second-order valence-corrected chi connectivity index (χ2v) is 4.20. The smallest absolute Gasteiger partial charge is 0.306 e. The minimum absolute atomic E-state index is 0.0508. The van der Waals surface area contributed by atoms with Crippen molar-refractivity contribution in [2.24, 2.45) is 0 Å². The van der Waals surface area contributed by atoms with Crippen molar-refractivity contribution in [2.75, 3.05) is 6.61 Å². The van der Waals surface area contributed by atoms with Gasteiger partial charge in [-0.1, -0.05) is 18.5 Å². The maximum Gasteiger partial charge on any atom is 0.306 e. The number of carbonyl (C=O) groups is 2. The monoisotopic (exact) mass is 272 g/mol. The van der Waals surface area contributed by atoms with Gasteiger partial charge in [0.1, 0.15) is 5.82 Å². The summed E-state index contributed by atoms with van der Waals surface area (Å²) in [5, 5.41) is 0.285. The van der Waals surface area contributed by atoms with E-state index in [2.05, 4.69) is 0 Å². The molecule has 0 N–H and O–H groups in total. The predicted molar refractivity (Wildman–Crippen MR) is 66.2 cm³/mol. The molecule has 0 spiro atoms. The molecule has 5 heteroatoms. The van der Waals surface area contributed by atoms with E-state index < -0.39 is 17.6 Å². The van der Waals surface area contributed by atoms with Crippen LogP contribution >= 0.6 is 11.6 Å². The summed E-state index contributed by atoms with van der Waals surface area (Å²) in [5.74, 6) is -1.54. The SMILES string of the molecule is CCCOC(=O)CCC(=O)c1cc(Cl)ccc1F. The molecule has 1 aromatic carbocycles. The molecule has 0 aromatic heterocycles. The maximum atomic E-state index is 13.4. The number of benzene rings is 1. The standard InChI is InChI=1S/C13H14ClFO3/c1-2-7-18-13(17)6-5-12(16)10-8-9(14)3-4-11(10)15/h3-4,8H,2,5-7H2,1H3. The lowest BCUT2D eigenvalue weighted by atomic mass is 10.1. The van der Waals surface area contributed by atoms with Crippen LogP contribution in [-0.4, -0.2) is 18.4 Å². The summed E-state index contributed by atoms with van der Waals surface area (Å²) in [6.07, 6.45) is 0.590. The van der Waals surface area contributed by atoms with Gasteiger partial charge in [0.25, 0.3) is 0 Å². The number of esters is 1. The Morgan fingerprint density at radius 3 is 2.72 bits per heavy atom. The molecule has 1 aromatic rings. The molecule has 0 bridgehead atoms. The molecule has 0 aliphatic rings. The van der Waals surface area contributed by atoms with Gasteiger partial charge < -0.3 is 4.74 Å². The van der Waals surface area contributed by atoms with Crippen LogP contribution in [0.1, 0.15) is 36.5 Å². The van der Waals surface area contributed by atoms with E-state index in [4.69, 9.17) is 16.3 Å². The lowest BCUT2D eigenvalue weighted by Crippen LogP contribution is -2.09. The highest BCUT2D eigenvalue weighted by atomic mass is 35.5. The van der Waals surface area contributed by atoms with Crippen LogP contribution in [-0.2, 0) is 9.53 Å². The second kappa shape index (κ2) is 7.11. The molecule has 0 fully saturated rings. The highest BCUT2D eigenvalue weighted by Gasteiger charge is 2.14. The van der Waals surface area contributed by atoms with Crippen LogP contribution in [0.2, 0.25) is 5.02 Å². The average Bonchev–Trinajstić information content (AvgIpc) is 2.36. The number of Topliss-reactive ketones (excluding diaryl/α,β-unsaturated/α-hetero) is 1. The van der Waals surface area contributed by atoms with Crippen molar-refractivity contribution in [2.45, 2.75) is 26.2 Å². The summed E-state index contributed by atoms with van der Waals surface area (Å²) in [7, 11) is 0. The van der Waals surface area contributed by atoms with E-state index in [1.165, 1.54) is 12.1 Å². The van der Waals surface area contributed by atoms with Gasteiger partial charge in [0.05, 0.1) is 18.6 Å². The minimum atomic E-state index is -0.633. The number of carbonyl (C=O) groups excluding carboxylic acids is 2. The summed E-state index contributed by atoms with van der Waals surface area (Å²) in [6, 6.07) is 3.75. The highest BCUT2D eigenvalue weighted by molar-refractivity contribution is 6.31. The molecule has 98 valence electrons. The molecule has 0 saturated heterocycles. The quantitative estimate of drug-likeness (QED) is 0.589. The van der Waals surface area contributed by atoms with E-state index in [0.29, 0.717) is 6.61 Å². The fraction of sp³-hybridized carbons (Fsp3) is 0.385. The summed E-state index contributed by atoms with van der Waals surface area (Å²) >= 11 is 5.68. The molecule has 0 amide bonds. The lowest BCUT2D eigenvalue weighted by Gasteiger charge is -2.04. The van der Waals surface area contributed by atoms with Crippen LogP contribution in [0.5, 0.6) is 0 Å². The predicted octanol–water partition coefficient (Wildman–Crippen LogP) is 3.40. The normalized spacial score (nSPS) is 10.2. The van der Waals surface area contributed by atoms with Crippen LogP contribution in [0, 0.1) is 5.82 Å². The number of hydrogen-bond acceptors (Lipinski definition) is 3. The zero-order valence-electron chi connectivity index (χ0n) is 10.0. The molecule has 0 aliphatic heterocycles. The second-order valence-electron chi connectivity index (χ2n) is 3.77. The lowest BCUT2D eigenvalue weighted by molar-refractivity contribution is -0.143. The Bertz CT molecular complexity index is 446. The molecule has 3 nitrogen and oxygen atoms in total. The molecule has 18 heavy (non-hydrogen) atoms. The summed E-state index contributed by atoms with van der Waals surface area (Å²) in [6.45, 7) is 2.21. The van der Waals surface area contributed by atoms with E-state index in [1.807, 2.05) is 6.92 Å². The first-order valence-electron chi connectivity index (χ1n) is 5.68. The van der Waals surface area contributed by atoms with Crippen LogP contribution in [0.3, 0.4) is 0 Å². The Balaban J connectivity index is 2.55. The first-order valence-corrected chi connectivity index (χ1v) is 6.06. The Morgan fingerprint density at radius 1 is 1.33 bits per heavy atom. The molecule has 0 atom stereocenters. The van der Waals surface area contributed by atoms with E-state index in [-0.39, 0.29) is 23.4 Å². The highest BCUT2D eigenvalue weighted by Crippen LogP contribution is 2.17. The summed E-state index contributed by atoms with van der Waals surface area (Å²) in [5.41, 5.74) is -0.0919. The average molecular weight is 273 g/mol. The third-order valence-electron chi connectivity index (χ3n) is 2.25. The third-order valence-corrected chi connectivity index (χ3v) is 2.49. The number of ketones is 1. The van der Waals surface area contributed by atoms with Crippen LogP contribution in [0.25, 0.3) is 0 Å². The Hall–Kier alpha value is -1.42. The molecule has 0 unspecified atom stereocenters. The summed E-state index contributed by atoms with van der Waals surface area (Å²) < 4.78 is 18.2. The first-order chi connectivity index (χ1) is 8.54. The Morgan fingerprint density at radius 2 is 2.06 bits per heavy atom. The fourth-order valence-electron chi connectivity index (χ4n) is 1.35. The van der Waals surface area contributed by atoms with Crippen LogP contribution in [0.4, 0.5) is 4.39 Å². The molecule has 0 aliphatic carbocycles. The van der Waals surface area contributed by atoms with E-state index in [9.17, 15) is 14.0 Å². The van der Waals surface area contributed by atoms with Gasteiger partial charge in [-0.25, -0.2) is 4.39 Å². The first kappa shape index (κ1) is 14.6. The van der Waals surface area contributed by atoms with Crippen molar-refractivity contribution in [3.05, 3.63) is 34.6 Å². The van der Waals surface area contributed by atoms with Gasteiger partial charge in [0.2, 0.25) is 0 Å². The van der Waals surface area contributed by atoms with Gasteiger partial charge in [0.15, 0.2) is 5.78 Å². The topological polar surface area (TPSA) is 43.4 Å². The Kier molecular flexibility index (Phi) is 5.78. The number of hydrogen-bond donors (Lipinski definition) is 0.